The number of nitrogens with one attached hydrogen (secondary N) is 1. The Morgan fingerprint density at radius 3 is 2.80 bits per heavy atom. The summed E-state index contributed by atoms with van der Waals surface area (Å²) in [4.78, 5) is 2.47. The largest absolute Gasteiger partial charge is 0.315 e. The first-order valence-electron chi connectivity index (χ1n) is 6.19. The van der Waals surface area contributed by atoms with Gasteiger partial charge in [-0.1, -0.05) is 6.92 Å². The fourth-order valence-corrected chi connectivity index (χ4v) is 3.57. The van der Waals surface area contributed by atoms with Crippen LogP contribution in [0.25, 0.3) is 0 Å². The van der Waals surface area contributed by atoms with Crippen molar-refractivity contribution < 1.29 is 0 Å². The van der Waals surface area contributed by atoms with Crippen LogP contribution in [0.5, 0.6) is 0 Å². The first-order valence-corrected chi connectivity index (χ1v) is 7.18. The van der Waals surface area contributed by atoms with Crippen molar-refractivity contribution in [2.24, 2.45) is 0 Å². The number of likely N-dealkylation sites (N-methyl/N-ethyl adjacent to an activating group) is 1. The lowest BCUT2D eigenvalue weighted by atomic mass is 10.1. The zero-order valence-electron chi connectivity index (χ0n) is 10.5. The zero-order chi connectivity index (χ0) is 11.1. The summed E-state index contributed by atoms with van der Waals surface area (Å²) in [7, 11) is 2.25. The van der Waals surface area contributed by atoms with Gasteiger partial charge in [0.25, 0.3) is 0 Å². The predicted octanol–water partition coefficient (Wildman–Crippen LogP) is 2.20. The van der Waals surface area contributed by atoms with Gasteiger partial charge < -0.3 is 10.2 Å². The maximum atomic E-state index is 3.45. The van der Waals surface area contributed by atoms with Crippen LogP contribution in [0.3, 0.4) is 0 Å². The lowest BCUT2D eigenvalue weighted by Crippen LogP contribution is -2.38. The third-order valence-electron chi connectivity index (χ3n) is 3.00. The second-order valence-electron chi connectivity index (χ2n) is 4.89. The van der Waals surface area contributed by atoms with E-state index in [0.717, 1.165) is 13.1 Å². The number of hydrogen-bond donors (Lipinski definition) is 1. The summed E-state index contributed by atoms with van der Waals surface area (Å²) in [6.07, 6.45) is 4.03. The molecule has 1 heterocycles. The molecule has 1 rings (SSSR count). The van der Waals surface area contributed by atoms with E-state index in [1.54, 1.807) is 0 Å². The van der Waals surface area contributed by atoms with E-state index in [2.05, 4.69) is 42.9 Å². The molecule has 0 spiro atoms. The maximum Gasteiger partial charge on any atom is 0.0259 e. The first kappa shape index (κ1) is 13.3. The molecule has 90 valence electrons. The normalized spacial score (nSPS) is 26.4. The lowest BCUT2D eigenvalue weighted by molar-refractivity contribution is 0.298. The minimum Gasteiger partial charge on any atom is -0.315 e. The molecule has 0 aromatic rings. The molecule has 1 saturated heterocycles. The molecule has 0 saturated carbocycles. The van der Waals surface area contributed by atoms with Crippen LogP contribution in [0.1, 0.15) is 33.1 Å². The second-order valence-corrected chi connectivity index (χ2v) is 6.57. The van der Waals surface area contributed by atoms with Gasteiger partial charge in [-0.25, -0.2) is 0 Å². The molecule has 1 fully saturated rings. The Morgan fingerprint density at radius 2 is 2.20 bits per heavy atom. The van der Waals surface area contributed by atoms with Crippen molar-refractivity contribution in [3.63, 3.8) is 0 Å². The van der Waals surface area contributed by atoms with E-state index < -0.39 is 0 Å². The minimum absolute atomic E-state index is 0.527. The van der Waals surface area contributed by atoms with Gasteiger partial charge in [0, 0.05) is 24.4 Å². The molecule has 0 aromatic carbocycles. The van der Waals surface area contributed by atoms with Crippen molar-refractivity contribution in [1.82, 2.24) is 10.2 Å². The van der Waals surface area contributed by atoms with Gasteiger partial charge in [0.2, 0.25) is 0 Å². The van der Waals surface area contributed by atoms with E-state index in [-0.39, 0.29) is 0 Å². The predicted molar refractivity (Wildman–Crippen MR) is 70.8 cm³/mol. The highest BCUT2D eigenvalue weighted by molar-refractivity contribution is 8.00. The third-order valence-corrected chi connectivity index (χ3v) is 4.52. The number of thioether (sulfide) groups is 1. The first-order chi connectivity index (χ1) is 7.16. The molecule has 0 aromatic heterocycles. The Kier molecular flexibility index (Phi) is 6.02. The average Bonchev–Trinajstić information content (AvgIpc) is 2.59. The Morgan fingerprint density at radius 1 is 1.40 bits per heavy atom. The average molecular weight is 230 g/mol. The number of nitrogens with zero attached hydrogens (tertiary/aromatic N) is 1. The van der Waals surface area contributed by atoms with Gasteiger partial charge >= 0.3 is 0 Å². The molecule has 0 aliphatic carbocycles. The molecule has 1 aliphatic heterocycles. The second kappa shape index (κ2) is 6.77. The number of hydrogen-bond acceptors (Lipinski definition) is 3. The van der Waals surface area contributed by atoms with E-state index in [0.29, 0.717) is 4.75 Å². The van der Waals surface area contributed by atoms with Gasteiger partial charge in [0.1, 0.15) is 0 Å². The SMILES string of the molecule is CCCNCCN(C)CC1(C)CCCS1. The van der Waals surface area contributed by atoms with Gasteiger partial charge in [-0.15, -0.1) is 0 Å². The molecule has 1 aliphatic rings. The zero-order valence-corrected chi connectivity index (χ0v) is 11.3. The van der Waals surface area contributed by atoms with Crippen LogP contribution in [-0.2, 0) is 0 Å². The summed E-state index contributed by atoms with van der Waals surface area (Å²) < 4.78 is 0.527. The molecule has 1 unspecified atom stereocenters. The Bertz CT molecular complexity index is 167. The molecule has 3 heteroatoms. The van der Waals surface area contributed by atoms with Gasteiger partial charge in [0.05, 0.1) is 0 Å². The van der Waals surface area contributed by atoms with Crippen molar-refractivity contribution in [3.8, 4) is 0 Å². The van der Waals surface area contributed by atoms with E-state index in [4.69, 9.17) is 0 Å². The van der Waals surface area contributed by atoms with E-state index >= 15 is 0 Å². The van der Waals surface area contributed by atoms with E-state index in [9.17, 15) is 0 Å². The molecule has 1 N–H and O–H groups in total. The molecule has 0 bridgehead atoms. The standard InChI is InChI=1S/C12H26N2S/c1-4-7-13-8-9-14(3)11-12(2)6-5-10-15-12/h13H,4-11H2,1-3H3. The Balaban J connectivity index is 2.09. The lowest BCUT2D eigenvalue weighted by Gasteiger charge is -2.29. The highest BCUT2D eigenvalue weighted by Gasteiger charge is 2.30. The fraction of sp³-hybridized carbons (Fsp3) is 1.00. The quantitative estimate of drug-likeness (QED) is 0.675. The van der Waals surface area contributed by atoms with Crippen LogP contribution >= 0.6 is 11.8 Å². The van der Waals surface area contributed by atoms with E-state index in [1.807, 2.05) is 0 Å². The van der Waals surface area contributed by atoms with Crippen LogP contribution in [0.15, 0.2) is 0 Å². The summed E-state index contributed by atoms with van der Waals surface area (Å²) >= 11 is 2.15. The van der Waals surface area contributed by atoms with Crippen molar-refractivity contribution >= 4 is 11.8 Å². The monoisotopic (exact) mass is 230 g/mol. The van der Waals surface area contributed by atoms with Crippen molar-refractivity contribution in [1.29, 1.82) is 0 Å². The summed E-state index contributed by atoms with van der Waals surface area (Å²) in [6.45, 7) is 9.33. The number of rotatable bonds is 7. The molecule has 0 amide bonds. The van der Waals surface area contributed by atoms with Crippen LogP contribution in [0.4, 0.5) is 0 Å². The highest BCUT2D eigenvalue weighted by Crippen LogP contribution is 2.37. The fourth-order valence-electron chi connectivity index (χ4n) is 2.18. The summed E-state index contributed by atoms with van der Waals surface area (Å²) in [5.41, 5.74) is 0. The maximum absolute atomic E-state index is 3.45. The Hall–Kier alpha value is 0.270. The summed E-state index contributed by atoms with van der Waals surface area (Å²) in [6, 6.07) is 0. The van der Waals surface area contributed by atoms with Crippen molar-refractivity contribution in [2.75, 3.05) is 39.0 Å². The van der Waals surface area contributed by atoms with Crippen LogP contribution < -0.4 is 5.32 Å². The minimum atomic E-state index is 0.527. The van der Waals surface area contributed by atoms with Crippen LogP contribution in [0.2, 0.25) is 0 Å². The topological polar surface area (TPSA) is 15.3 Å². The molecule has 0 radical (unpaired) electrons. The summed E-state index contributed by atoms with van der Waals surface area (Å²) in [5.74, 6) is 1.36. The van der Waals surface area contributed by atoms with Gasteiger partial charge in [0.15, 0.2) is 0 Å². The van der Waals surface area contributed by atoms with Crippen LogP contribution in [0, 0.1) is 0 Å². The van der Waals surface area contributed by atoms with Gasteiger partial charge in [-0.05, 0) is 45.5 Å². The molecule has 1 atom stereocenters. The van der Waals surface area contributed by atoms with Crippen LogP contribution in [-0.4, -0.2) is 48.6 Å². The molecular weight excluding hydrogens is 204 g/mol. The Labute approximate surface area is 99.2 Å². The molecule has 2 nitrogen and oxygen atoms in total. The molecule has 15 heavy (non-hydrogen) atoms. The molecular formula is C12H26N2S. The van der Waals surface area contributed by atoms with Gasteiger partial charge in [-0.3, -0.25) is 0 Å². The van der Waals surface area contributed by atoms with Crippen molar-refractivity contribution in [2.45, 2.75) is 37.9 Å². The van der Waals surface area contributed by atoms with Crippen molar-refractivity contribution in [3.05, 3.63) is 0 Å². The van der Waals surface area contributed by atoms with E-state index in [1.165, 1.54) is 38.1 Å². The highest BCUT2D eigenvalue weighted by atomic mass is 32.2. The smallest absolute Gasteiger partial charge is 0.0259 e. The summed E-state index contributed by atoms with van der Waals surface area (Å²) in [5, 5.41) is 3.45. The van der Waals surface area contributed by atoms with Gasteiger partial charge in [-0.2, -0.15) is 11.8 Å². The third kappa shape index (κ3) is 5.23.